The Kier molecular flexibility index (Phi) is 3.44. The minimum Gasteiger partial charge on any atom is -0.373 e. The Labute approximate surface area is 79.6 Å². The van der Waals surface area contributed by atoms with Gasteiger partial charge in [-0.2, -0.15) is 0 Å². The van der Waals surface area contributed by atoms with E-state index in [2.05, 4.69) is 4.74 Å². The van der Waals surface area contributed by atoms with Crippen LogP contribution >= 0.6 is 11.6 Å². The van der Waals surface area contributed by atoms with Crippen LogP contribution in [0.3, 0.4) is 0 Å². The molecule has 1 rings (SSSR count). The molecule has 1 fully saturated rings. The number of rotatable bonds is 1. The quantitative estimate of drug-likeness (QED) is 0.601. The fourth-order valence-corrected chi connectivity index (χ4v) is 1.27. The third kappa shape index (κ3) is 3.08. The van der Waals surface area contributed by atoms with E-state index >= 15 is 0 Å². The Bertz CT molecular complexity index is 201. The molecule has 0 unspecified atom stereocenters. The van der Waals surface area contributed by atoms with Gasteiger partial charge in [-0.15, -0.1) is 11.6 Å². The molecular weight excluding hydrogens is 204 g/mol. The van der Waals surface area contributed by atoms with Gasteiger partial charge in [-0.3, -0.25) is 4.79 Å². The van der Waals surface area contributed by atoms with Gasteiger partial charge in [0.2, 0.25) is 5.91 Å². The number of alkyl halides is 3. The molecule has 1 aliphatic rings. The van der Waals surface area contributed by atoms with Crippen molar-refractivity contribution >= 4 is 17.5 Å². The number of halogens is 3. The van der Waals surface area contributed by atoms with Crippen molar-refractivity contribution in [1.29, 1.82) is 0 Å². The summed E-state index contributed by atoms with van der Waals surface area (Å²) in [5.41, 5.74) is 0. The summed E-state index contributed by atoms with van der Waals surface area (Å²) in [4.78, 5) is 12.0. The fraction of sp³-hybridized carbons (Fsp3) is 0.857. The molecule has 0 aromatic carbocycles. The summed E-state index contributed by atoms with van der Waals surface area (Å²) in [7, 11) is 0. The van der Waals surface area contributed by atoms with Crippen LogP contribution in [0.25, 0.3) is 0 Å². The summed E-state index contributed by atoms with van der Waals surface area (Å²) < 4.78 is 30.3. The predicted molar refractivity (Wildman–Crippen MR) is 43.1 cm³/mol. The molecule has 0 radical (unpaired) electrons. The van der Waals surface area contributed by atoms with Crippen molar-refractivity contribution in [2.24, 2.45) is 0 Å². The van der Waals surface area contributed by atoms with Gasteiger partial charge in [-0.05, 0) is 0 Å². The maximum absolute atomic E-state index is 12.8. The lowest BCUT2D eigenvalue weighted by atomic mass is 10.3. The van der Waals surface area contributed by atoms with Gasteiger partial charge in [0.1, 0.15) is 12.5 Å². The van der Waals surface area contributed by atoms with Gasteiger partial charge in [0.25, 0.3) is 5.92 Å². The highest BCUT2D eigenvalue weighted by Crippen LogP contribution is 2.18. The molecule has 76 valence electrons. The van der Waals surface area contributed by atoms with Crippen molar-refractivity contribution < 1.29 is 18.3 Å². The number of amides is 1. The molecule has 3 nitrogen and oxygen atoms in total. The van der Waals surface area contributed by atoms with Crippen LogP contribution in [0.15, 0.2) is 0 Å². The molecule has 0 saturated carbocycles. The normalized spacial score (nSPS) is 22.5. The Hall–Kier alpha value is -0.420. The van der Waals surface area contributed by atoms with Gasteiger partial charge in [0.05, 0.1) is 13.2 Å². The number of carbonyl (C=O) groups is 1. The van der Waals surface area contributed by atoms with E-state index in [0.717, 1.165) is 4.90 Å². The van der Waals surface area contributed by atoms with E-state index < -0.39 is 25.0 Å². The van der Waals surface area contributed by atoms with Gasteiger partial charge in [0.15, 0.2) is 0 Å². The molecule has 0 N–H and O–H groups in total. The van der Waals surface area contributed by atoms with Crippen molar-refractivity contribution in [1.82, 2.24) is 4.90 Å². The zero-order chi connectivity index (χ0) is 9.90. The molecule has 6 heteroatoms. The molecule has 0 aliphatic carbocycles. The highest BCUT2D eigenvalue weighted by atomic mass is 35.5. The first-order valence-corrected chi connectivity index (χ1v) is 4.38. The predicted octanol–water partition coefficient (Wildman–Crippen LogP) is 0.719. The summed E-state index contributed by atoms with van der Waals surface area (Å²) in [5, 5.41) is 0. The number of nitrogens with zero attached hydrogens (tertiary/aromatic N) is 1. The van der Waals surface area contributed by atoms with E-state index in [1.807, 2.05) is 0 Å². The number of carbonyl (C=O) groups excluding carboxylic acids is 1. The van der Waals surface area contributed by atoms with Crippen LogP contribution in [-0.2, 0) is 9.53 Å². The third-order valence-electron chi connectivity index (χ3n) is 1.71. The SMILES string of the molecule is O=C(CCl)N1CCOCC(F)(F)C1. The summed E-state index contributed by atoms with van der Waals surface area (Å²) in [6, 6.07) is 0. The van der Waals surface area contributed by atoms with Gasteiger partial charge >= 0.3 is 0 Å². The summed E-state index contributed by atoms with van der Waals surface area (Å²) >= 11 is 5.25. The monoisotopic (exact) mass is 213 g/mol. The first-order valence-electron chi connectivity index (χ1n) is 3.84. The highest BCUT2D eigenvalue weighted by Gasteiger charge is 2.35. The molecule has 13 heavy (non-hydrogen) atoms. The van der Waals surface area contributed by atoms with E-state index in [0.29, 0.717) is 0 Å². The Morgan fingerprint density at radius 3 is 2.92 bits per heavy atom. The van der Waals surface area contributed by atoms with E-state index in [-0.39, 0.29) is 19.0 Å². The maximum Gasteiger partial charge on any atom is 0.288 e. The van der Waals surface area contributed by atoms with Gasteiger partial charge in [0, 0.05) is 6.54 Å². The number of hydrogen-bond acceptors (Lipinski definition) is 2. The second-order valence-corrected chi connectivity index (χ2v) is 3.12. The van der Waals surface area contributed by atoms with Crippen LogP contribution in [0.1, 0.15) is 0 Å². The Morgan fingerprint density at radius 1 is 1.62 bits per heavy atom. The van der Waals surface area contributed by atoms with E-state index in [1.165, 1.54) is 0 Å². The van der Waals surface area contributed by atoms with Crippen LogP contribution in [0.2, 0.25) is 0 Å². The molecule has 0 aromatic rings. The lowest BCUT2D eigenvalue weighted by molar-refractivity contribution is -0.133. The lowest BCUT2D eigenvalue weighted by Crippen LogP contribution is -2.41. The second kappa shape index (κ2) is 4.19. The Morgan fingerprint density at radius 2 is 2.31 bits per heavy atom. The van der Waals surface area contributed by atoms with Crippen LogP contribution in [0.4, 0.5) is 8.78 Å². The molecule has 0 atom stereocenters. The summed E-state index contributed by atoms with van der Waals surface area (Å²) in [5.74, 6) is -3.71. The molecule has 0 bridgehead atoms. The van der Waals surface area contributed by atoms with Crippen molar-refractivity contribution in [3.05, 3.63) is 0 Å². The van der Waals surface area contributed by atoms with Crippen LogP contribution < -0.4 is 0 Å². The zero-order valence-electron chi connectivity index (χ0n) is 6.93. The van der Waals surface area contributed by atoms with E-state index in [4.69, 9.17) is 11.6 Å². The molecule has 0 aromatic heterocycles. The fourth-order valence-electron chi connectivity index (χ4n) is 1.10. The van der Waals surface area contributed by atoms with Gasteiger partial charge < -0.3 is 9.64 Å². The number of ether oxygens (including phenoxy) is 1. The van der Waals surface area contributed by atoms with Crippen molar-refractivity contribution in [3.8, 4) is 0 Å². The van der Waals surface area contributed by atoms with Crippen molar-refractivity contribution in [2.45, 2.75) is 5.92 Å². The van der Waals surface area contributed by atoms with Crippen LogP contribution in [0.5, 0.6) is 0 Å². The average molecular weight is 214 g/mol. The summed E-state index contributed by atoms with van der Waals surface area (Å²) in [6.07, 6.45) is 0. The molecule has 1 heterocycles. The summed E-state index contributed by atoms with van der Waals surface area (Å²) in [6.45, 7) is -0.906. The highest BCUT2D eigenvalue weighted by molar-refractivity contribution is 6.27. The van der Waals surface area contributed by atoms with Gasteiger partial charge in [-0.25, -0.2) is 8.78 Å². The topological polar surface area (TPSA) is 29.5 Å². The first-order chi connectivity index (χ1) is 6.05. The van der Waals surface area contributed by atoms with Crippen molar-refractivity contribution in [2.75, 3.05) is 32.2 Å². The Balaban J connectivity index is 2.59. The molecule has 0 spiro atoms. The largest absolute Gasteiger partial charge is 0.373 e. The molecule has 1 aliphatic heterocycles. The maximum atomic E-state index is 12.8. The zero-order valence-corrected chi connectivity index (χ0v) is 7.69. The van der Waals surface area contributed by atoms with Gasteiger partial charge in [-0.1, -0.05) is 0 Å². The smallest absolute Gasteiger partial charge is 0.288 e. The van der Waals surface area contributed by atoms with Crippen LogP contribution in [-0.4, -0.2) is 48.9 Å². The van der Waals surface area contributed by atoms with Crippen LogP contribution in [0, 0.1) is 0 Å². The minimum absolute atomic E-state index is 0.137. The van der Waals surface area contributed by atoms with E-state index in [9.17, 15) is 13.6 Å². The minimum atomic E-state index is -2.96. The standard InChI is InChI=1S/C7H10ClF2NO2/c8-3-6(12)11-1-2-13-5-7(9,10)4-11/h1-5H2. The van der Waals surface area contributed by atoms with E-state index in [1.54, 1.807) is 0 Å². The first kappa shape index (κ1) is 10.7. The second-order valence-electron chi connectivity index (χ2n) is 2.86. The molecule has 1 amide bonds. The van der Waals surface area contributed by atoms with Crippen molar-refractivity contribution in [3.63, 3.8) is 0 Å². The third-order valence-corrected chi connectivity index (χ3v) is 1.94. The molecular formula is C7H10ClF2NO2. The number of hydrogen-bond donors (Lipinski definition) is 0. The average Bonchev–Trinajstić information content (AvgIpc) is 2.25. The molecule has 1 saturated heterocycles. The lowest BCUT2D eigenvalue weighted by Gasteiger charge is -2.21.